The minimum absolute atomic E-state index is 0.0597. The number of nitrogens with one attached hydrogen (secondary N) is 3. The predicted octanol–water partition coefficient (Wildman–Crippen LogP) is 0.106. The number of hydrogen-bond donors (Lipinski definition) is 3. The van der Waals surface area contributed by atoms with Crippen LogP contribution in [0.15, 0.2) is 24.3 Å². The normalized spacial score (nSPS) is 10.1. The number of non-ortho nitro benzene ring substituents is 1. The molecule has 9 nitrogen and oxygen atoms in total. The molecule has 120 valence electrons. The Bertz CT molecular complexity index is 530. The number of rotatable bonds is 7. The smallest absolute Gasteiger partial charge is 0.327 e. The van der Waals surface area contributed by atoms with Crippen LogP contribution in [-0.2, 0) is 9.59 Å². The first kappa shape index (κ1) is 17.4. The van der Waals surface area contributed by atoms with Crippen molar-refractivity contribution in [3.63, 3.8) is 0 Å². The molecule has 0 fully saturated rings. The van der Waals surface area contributed by atoms with Crippen molar-refractivity contribution in [2.75, 3.05) is 32.6 Å². The van der Waals surface area contributed by atoms with Crippen LogP contribution in [0.3, 0.4) is 0 Å². The van der Waals surface area contributed by atoms with Gasteiger partial charge in [-0.25, -0.2) is 0 Å². The van der Waals surface area contributed by atoms with Gasteiger partial charge >= 0.3 is 11.8 Å². The van der Waals surface area contributed by atoms with Gasteiger partial charge in [0, 0.05) is 18.7 Å². The molecule has 0 aromatic heterocycles. The van der Waals surface area contributed by atoms with Crippen LogP contribution in [-0.4, -0.2) is 48.8 Å². The van der Waals surface area contributed by atoms with Gasteiger partial charge in [0.15, 0.2) is 0 Å². The number of amides is 2. The van der Waals surface area contributed by atoms with Crippen molar-refractivity contribution in [1.29, 1.82) is 0 Å². The minimum Gasteiger partial charge on any atom is -0.348 e. The molecule has 2 amide bonds. The lowest BCUT2D eigenvalue weighted by molar-refractivity contribution is -0.384. The number of nitro benzene ring substituents is 1. The summed E-state index contributed by atoms with van der Waals surface area (Å²) in [4.78, 5) is 34.9. The molecule has 0 spiro atoms. The zero-order chi connectivity index (χ0) is 16.5. The second kappa shape index (κ2) is 8.57. The molecule has 3 N–H and O–H groups in total. The third-order valence-corrected chi connectivity index (χ3v) is 2.67. The highest BCUT2D eigenvalue weighted by atomic mass is 16.6. The van der Waals surface area contributed by atoms with Gasteiger partial charge in [0.2, 0.25) is 0 Å². The molecule has 22 heavy (non-hydrogen) atoms. The molecule has 0 radical (unpaired) electrons. The number of anilines is 1. The molecule has 0 bridgehead atoms. The van der Waals surface area contributed by atoms with Crippen molar-refractivity contribution in [3.8, 4) is 0 Å². The fraction of sp³-hybridized carbons (Fsp3) is 0.385. The van der Waals surface area contributed by atoms with Gasteiger partial charge in [-0.15, -0.1) is 0 Å². The Morgan fingerprint density at radius 1 is 1.18 bits per heavy atom. The van der Waals surface area contributed by atoms with Gasteiger partial charge in [-0.05, 0) is 39.2 Å². The van der Waals surface area contributed by atoms with Gasteiger partial charge < -0.3 is 10.2 Å². The Morgan fingerprint density at radius 3 is 2.36 bits per heavy atom. The topological polar surface area (TPSA) is 117 Å². The Morgan fingerprint density at radius 2 is 1.82 bits per heavy atom. The average molecular weight is 309 g/mol. The summed E-state index contributed by atoms with van der Waals surface area (Å²) in [6, 6.07) is 5.42. The standard InChI is InChI=1S/C13H19N5O4/c1-17(2)9-3-8-14-12(19)13(20)16-15-10-4-6-11(7-5-10)18(21)22/h4-7,15H,3,8-9H2,1-2H3,(H,14,19)(H,16,20). The molecular weight excluding hydrogens is 290 g/mol. The van der Waals surface area contributed by atoms with E-state index in [1.807, 2.05) is 19.0 Å². The van der Waals surface area contributed by atoms with Crippen molar-refractivity contribution in [2.45, 2.75) is 6.42 Å². The molecular formula is C13H19N5O4. The summed E-state index contributed by atoms with van der Waals surface area (Å²) >= 11 is 0. The van der Waals surface area contributed by atoms with Crippen LogP contribution in [0, 0.1) is 10.1 Å². The van der Waals surface area contributed by atoms with Gasteiger partial charge in [-0.3, -0.25) is 30.6 Å². The van der Waals surface area contributed by atoms with Crippen molar-refractivity contribution >= 4 is 23.2 Å². The summed E-state index contributed by atoms with van der Waals surface area (Å²) in [6.45, 7) is 1.21. The molecule has 0 unspecified atom stereocenters. The summed E-state index contributed by atoms with van der Waals surface area (Å²) in [7, 11) is 3.84. The van der Waals surface area contributed by atoms with Crippen molar-refractivity contribution in [3.05, 3.63) is 34.4 Å². The first-order valence-electron chi connectivity index (χ1n) is 6.63. The maximum absolute atomic E-state index is 11.5. The fourth-order valence-electron chi connectivity index (χ4n) is 1.53. The van der Waals surface area contributed by atoms with Crippen LogP contribution in [0.25, 0.3) is 0 Å². The van der Waals surface area contributed by atoms with E-state index in [1.54, 1.807) is 0 Å². The Labute approximate surface area is 127 Å². The van der Waals surface area contributed by atoms with Crippen LogP contribution in [0.2, 0.25) is 0 Å². The third kappa shape index (κ3) is 6.18. The summed E-state index contributed by atoms with van der Waals surface area (Å²) in [5.41, 5.74) is 5.09. The van der Waals surface area contributed by atoms with Crippen molar-refractivity contribution < 1.29 is 14.5 Å². The number of carbonyl (C=O) groups excluding carboxylic acids is 2. The summed E-state index contributed by atoms with van der Waals surface area (Å²) in [5, 5.41) is 13.0. The second-order valence-corrected chi connectivity index (χ2v) is 4.80. The first-order valence-corrected chi connectivity index (χ1v) is 6.63. The highest BCUT2D eigenvalue weighted by Gasteiger charge is 2.12. The van der Waals surface area contributed by atoms with E-state index in [2.05, 4.69) is 16.2 Å². The second-order valence-electron chi connectivity index (χ2n) is 4.80. The lowest BCUT2D eigenvalue weighted by Gasteiger charge is -2.10. The van der Waals surface area contributed by atoms with Gasteiger partial charge in [-0.2, -0.15) is 0 Å². The van der Waals surface area contributed by atoms with Crippen LogP contribution in [0.1, 0.15) is 6.42 Å². The fourth-order valence-corrected chi connectivity index (χ4v) is 1.53. The number of nitro groups is 1. The van der Waals surface area contributed by atoms with E-state index in [4.69, 9.17) is 0 Å². The molecule has 0 aliphatic carbocycles. The zero-order valence-corrected chi connectivity index (χ0v) is 12.5. The maximum atomic E-state index is 11.5. The van der Waals surface area contributed by atoms with Gasteiger partial charge in [0.1, 0.15) is 0 Å². The van der Waals surface area contributed by atoms with Gasteiger partial charge in [0.25, 0.3) is 5.69 Å². The molecule has 9 heteroatoms. The highest BCUT2D eigenvalue weighted by Crippen LogP contribution is 2.14. The summed E-state index contributed by atoms with van der Waals surface area (Å²) in [5.74, 6) is -1.57. The monoisotopic (exact) mass is 309 g/mol. The molecule has 0 heterocycles. The van der Waals surface area contributed by atoms with Gasteiger partial charge in [0.05, 0.1) is 10.6 Å². The summed E-state index contributed by atoms with van der Waals surface area (Å²) < 4.78 is 0. The predicted molar refractivity (Wildman–Crippen MR) is 81.0 cm³/mol. The van der Waals surface area contributed by atoms with E-state index in [0.717, 1.165) is 13.0 Å². The van der Waals surface area contributed by atoms with E-state index < -0.39 is 16.7 Å². The molecule has 1 aromatic carbocycles. The summed E-state index contributed by atoms with van der Waals surface area (Å²) in [6.07, 6.45) is 0.738. The molecule has 0 atom stereocenters. The van der Waals surface area contributed by atoms with E-state index in [9.17, 15) is 19.7 Å². The number of nitrogens with zero attached hydrogens (tertiary/aromatic N) is 2. The molecule has 0 aliphatic rings. The molecule has 0 aliphatic heterocycles. The molecule has 0 saturated carbocycles. The van der Waals surface area contributed by atoms with Crippen molar-refractivity contribution in [2.24, 2.45) is 0 Å². The third-order valence-electron chi connectivity index (χ3n) is 2.67. The minimum atomic E-state index is -0.830. The Balaban J connectivity index is 2.32. The maximum Gasteiger partial charge on any atom is 0.327 e. The Kier molecular flexibility index (Phi) is 6.77. The Hall–Kier alpha value is -2.68. The largest absolute Gasteiger partial charge is 0.348 e. The molecule has 1 aromatic rings. The zero-order valence-electron chi connectivity index (χ0n) is 12.5. The van der Waals surface area contributed by atoms with Gasteiger partial charge in [-0.1, -0.05) is 0 Å². The number of benzene rings is 1. The lowest BCUT2D eigenvalue weighted by atomic mass is 10.3. The highest BCUT2D eigenvalue weighted by molar-refractivity contribution is 6.35. The quantitative estimate of drug-likeness (QED) is 0.285. The lowest BCUT2D eigenvalue weighted by Crippen LogP contribution is -2.43. The van der Waals surface area contributed by atoms with Crippen LogP contribution in [0.5, 0.6) is 0 Å². The van der Waals surface area contributed by atoms with E-state index in [0.29, 0.717) is 12.2 Å². The SMILES string of the molecule is CN(C)CCCNC(=O)C(=O)NNc1ccc([N+](=O)[O-])cc1. The van der Waals surface area contributed by atoms with Crippen LogP contribution >= 0.6 is 0 Å². The van der Waals surface area contributed by atoms with E-state index in [1.165, 1.54) is 24.3 Å². The first-order chi connectivity index (χ1) is 10.4. The van der Waals surface area contributed by atoms with E-state index in [-0.39, 0.29) is 5.69 Å². The molecule has 1 rings (SSSR count). The average Bonchev–Trinajstić information content (AvgIpc) is 2.49. The van der Waals surface area contributed by atoms with Crippen LogP contribution in [0.4, 0.5) is 11.4 Å². The molecule has 0 saturated heterocycles. The number of hydrazine groups is 1. The number of hydrogen-bond acceptors (Lipinski definition) is 6. The number of carbonyl (C=O) groups is 2. The van der Waals surface area contributed by atoms with E-state index >= 15 is 0 Å². The van der Waals surface area contributed by atoms with Crippen LogP contribution < -0.4 is 16.2 Å². The van der Waals surface area contributed by atoms with Crippen molar-refractivity contribution in [1.82, 2.24) is 15.6 Å².